The van der Waals surface area contributed by atoms with Gasteiger partial charge in [0.15, 0.2) is 0 Å². The molecule has 0 saturated heterocycles. The zero-order chi connectivity index (χ0) is 17.7. The van der Waals surface area contributed by atoms with Crippen molar-refractivity contribution in [1.82, 2.24) is 4.72 Å². The smallest absolute Gasteiger partial charge is 0.240 e. The number of carbonyl (C=O) groups is 1. The minimum Gasteiger partial charge on any atom is -0.311 e. The lowest BCUT2D eigenvalue weighted by atomic mass is 10.2. The third kappa shape index (κ3) is 4.80. The first kappa shape index (κ1) is 18.4. The molecule has 0 atom stereocenters. The number of nitrogens with zero attached hydrogens (tertiary/aromatic N) is 1. The second-order valence-corrected chi connectivity index (χ2v) is 7.56. The molecule has 128 valence electrons. The number of sulfonamides is 1. The van der Waals surface area contributed by atoms with E-state index >= 15 is 0 Å². The molecule has 2 aromatic rings. The number of rotatable bonds is 6. The van der Waals surface area contributed by atoms with Crippen molar-refractivity contribution in [3.05, 3.63) is 59.1 Å². The number of hydrogen-bond donors (Lipinski definition) is 1. The van der Waals surface area contributed by atoms with Gasteiger partial charge >= 0.3 is 0 Å². The first-order valence-corrected chi connectivity index (χ1v) is 9.26. The van der Waals surface area contributed by atoms with Gasteiger partial charge < -0.3 is 4.90 Å². The Balaban J connectivity index is 2.05. The molecule has 1 amide bonds. The zero-order valence-electron chi connectivity index (χ0n) is 13.5. The van der Waals surface area contributed by atoms with Gasteiger partial charge in [-0.1, -0.05) is 35.4 Å². The molecular formula is C17H19ClN2O3S. The molecule has 0 aliphatic rings. The molecule has 0 unspecified atom stereocenters. The molecule has 2 rings (SSSR count). The number of anilines is 1. The number of halogens is 1. The van der Waals surface area contributed by atoms with Crippen LogP contribution < -0.4 is 9.62 Å². The second-order valence-electron chi connectivity index (χ2n) is 5.36. The van der Waals surface area contributed by atoms with Gasteiger partial charge in [-0.25, -0.2) is 13.1 Å². The fourth-order valence-corrected chi connectivity index (χ4v) is 3.41. The number of aryl methyl sites for hydroxylation is 1. The molecular weight excluding hydrogens is 348 g/mol. The van der Waals surface area contributed by atoms with Crippen LogP contribution >= 0.6 is 11.6 Å². The highest BCUT2D eigenvalue weighted by Gasteiger charge is 2.16. The molecule has 1 N–H and O–H groups in total. The third-order valence-electron chi connectivity index (χ3n) is 3.46. The van der Waals surface area contributed by atoms with Crippen LogP contribution in [0.1, 0.15) is 12.5 Å². The van der Waals surface area contributed by atoms with Crippen molar-refractivity contribution in [3.63, 3.8) is 0 Å². The predicted molar refractivity (Wildman–Crippen MR) is 95.8 cm³/mol. The minimum absolute atomic E-state index is 0.0995. The van der Waals surface area contributed by atoms with E-state index in [9.17, 15) is 13.2 Å². The van der Waals surface area contributed by atoms with Crippen LogP contribution in [0.15, 0.2) is 53.4 Å². The van der Waals surface area contributed by atoms with Crippen molar-refractivity contribution in [2.75, 3.05) is 18.0 Å². The third-order valence-corrected chi connectivity index (χ3v) is 5.17. The van der Waals surface area contributed by atoms with Crippen LogP contribution in [-0.2, 0) is 14.8 Å². The molecule has 0 aliphatic heterocycles. The van der Waals surface area contributed by atoms with E-state index in [0.717, 1.165) is 5.56 Å². The lowest BCUT2D eigenvalue weighted by Gasteiger charge is -2.21. The van der Waals surface area contributed by atoms with Gasteiger partial charge in [-0.05, 0) is 37.3 Å². The van der Waals surface area contributed by atoms with E-state index < -0.39 is 10.0 Å². The highest BCUT2D eigenvalue weighted by atomic mass is 35.5. The maximum atomic E-state index is 12.2. The maximum absolute atomic E-state index is 12.2. The molecule has 0 aromatic heterocycles. The highest BCUT2D eigenvalue weighted by molar-refractivity contribution is 7.89. The van der Waals surface area contributed by atoms with Crippen molar-refractivity contribution < 1.29 is 13.2 Å². The number of benzene rings is 2. The largest absolute Gasteiger partial charge is 0.311 e. The summed E-state index contributed by atoms with van der Waals surface area (Å²) in [5.74, 6) is -0.188. The van der Waals surface area contributed by atoms with Gasteiger partial charge in [-0.15, -0.1) is 0 Å². The summed E-state index contributed by atoms with van der Waals surface area (Å²) in [6.07, 6.45) is 0. The van der Waals surface area contributed by atoms with Gasteiger partial charge in [0, 0.05) is 30.7 Å². The summed E-state index contributed by atoms with van der Waals surface area (Å²) in [5, 5.41) is 0.513. The van der Waals surface area contributed by atoms with Crippen molar-refractivity contribution in [1.29, 1.82) is 0 Å². The second kappa shape index (κ2) is 7.79. The van der Waals surface area contributed by atoms with E-state index in [1.165, 1.54) is 11.8 Å². The fraction of sp³-hybridized carbons (Fsp3) is 0.235. The van der Waals surface area contributed by atoms with Gasteiger partial charge in [-0.2, -0.15) is 0 Å². The summed E-state index contributed by atoms with van der Waals surface area (Å²) >= 11 is 5.94. The van der Waals surface area contributed by atoms with E-state index in [2.05, 4.69) is 4.72 Å². The van der Waals surface area contributed by atoms with Crippen molar-refractivity contribution in [2.45, 2.75) is 18.7 Å². The normalized spacial score (nSPS) is 11.3. The molecule has 0 fully saturated rings. The van der Waals surface area contributed by atoms with E-state index in [0.29, 0.717) is 10.7 Å². The van der Waals surface area contributed by atoms with Gasteiger partial charge in [0.25, 0.3) is 0 Å². The quantitative estimate of drug-likeness (QED) is 0.854. The van der Waals surface area contributed by atoms with E-state index in [4.69, 9.17) is 11.6 Å². The molecule has 2 aromatic carbocycles. The van der Waals surface area contributed by atoms with Crippen molar-refractivity contribution in [2.24, 2.45) is 0 Å². The van der Waals surface area contributed by atoms with E-state index in [1.807, 2.05) is 6.92 Å². The monoisotopic (exact) mass is 366 g/mol. The van der Waals surface area contributed by atoms with Crippen LogP contribution in [0, 0.1) is 6.92 Å². The molecule has 0 radical (unpaired) electrons. The minimum atomic E-state index is -3.60. The SMILES string of the molecule is CC(=O)N(CCNS(=O)(=O)c1ccc(C)cc1)c1cccc(Cl)c1. The molecule has 24 heavy (non-hydrogen) atoms. The highest BCUT2D eigenvalue weighted by Crippen LogP contribution is 2.19. The van der Waals surface area contributed by atoms with Gasteiger partial charge in [0.2, 0.25) is 15.9 Å². The Hall–Kier alpha value is -1.89. The van der Waals surface area contributed by atoms with Crippen LogP contribution in [-0.4, -0.2) is 27.4 Å². The van der Waals surface area contributed by atoms with Crippen LogP contribution in [0.5, 0.6) is 0 Å². The van der Waals surface area contributed by atoms with Gasteiger partial charge in [0.1, 0.15) is 0 Å². The number of carbonyl (C=O) groups excluding carboxylic acids is 1. The van der Waals surface area contributed by atoms with E-state index in [1.54, 1.807) is 48.5 Å². The Morgan fingerprint density at radius 3 is 2.42 bits per heavy atom. The average Bonchev–Trinajstić information content (AvgIpc) is 2.51. The molecule has 0 heterocycles. The molecule has 0 bridgehead atoms. The fourth-order valence-electron chi connectivity index (χ4n) is 2.20. The zero-order valence-corrected chi connectivity index (χ0v) is 15.1. The molecule has 5 nitrogen and oxygen atoms in total. The Morgan fingerprint density at radius 1 is 1.17 bits per heavy atom. The van der Waals surface area contributed by atoms with Crippen LogP contribution in [0.3, 0.4) is 0 Å². The first-order valence-electron chi connectivity index (χ1n) is 7.39. The topological polar surface area (TPSA) is 66.5 Å². The summed E-state index contributed by atoms with van der Waals surface area (Å²) in [6, 6.07) is 13.5. The summed E-state index contributed by atoms with van der Waals surface area (Å²) in [5.41, 5.74) is 1.61. The van der Waals surface area contributed by atoms with Crippen LogP contribution in [0.2, 0.25) is 5.02 Å². The van der Waals surface area contributed by atoms with Crippen LogP contribution in [0.25, 0.3) is 0 Å². The maximum Gasteiger partial charge on any atom is 0.240 e. The van der Waals surface area contributed by atoms with Gasteiger partial charge in [0.05, 0.1) is 4.90 Å². The standard InChI is InChI=1S/C17H19ClN2O3S/c1-13-6-8-17(9-7-13)24(22,23)19-10-11-20(14(2)21)16-5-3-4-15(18)12-16/h3-9,12,19H,10-11H2,1-2H3. The van der Waals surface area contributed by atoms with E-state index in [-0.39, 0.29) is 23.9 Å². The summed E-state index contributed by atoms with van der Waals surface area (Å²) in [6.45, 7) is 3.62. The molecule has 0 aliphatic carbocycles. The average molecular weight is 367 g/mol. The lowest BCUT2D eigenvalue weighted by molar-refractivity contribution is -0.116. The lowest BCUT2D eigenvalue weighted by Crippen LogP contribution is -2.37. The van der Waals surface area contributed by atoms with Crippen molar-refractivity contribution in [3.8, 4) is 0 Å². The Morgan fingerprint density at radius 2 is 1.83 bits per heavy atom. The first-order chi connectivity index (χ1) is 11.3. The van der Waals surface area contributed by atoms with Gasteiger partial charge in [-0.3, -0.25) is 4.79 Å². The van der Waals surface area contributed by atoms with Crippen molar-refractivity contribution >= 4 is 33.2 Å². The summed E-state index contributed by atoms with van der Waals surface area (Å²) in [4.78, 5) is 13.5. The molecule has 0 spiro atoms. The molecule has 0 saturated carbocycles. The summed E-state index contributed by atoms with van der Waals surface area (Å²) in [7, 11) is -3.60. The predicted octanol–water partition coefficient (Wildman–Crippen LogP) is 2.98. The Labute approximate surface area is 147 Å². The van der Waals surface area contributed by atoms with Crippen LogP contribution in [0.4, 0.5) is 5.69 Å². The molecule has 7 heteroatoms. The summed E-state index contributed by atoms with van der Waals surface area (Å²) < 4.78 is 27.0. The Bertz CT molecular complexity index is 820. The number of nitrogens with one attached hydrogen (secondary N) is 1. The number of hydrogen-bond acceptors (Lipinski definition) is 3. The Kier molecular flexibility index (Phi) is 5.99. The number of amides is 1.